The minimum absolute atomic E-state index is 0.321. The van der Waals surface area contributed by atoms with E-state index in [-0.39, 0.29) is 5.82 Å². The Bertz CT molecular complexity index is 824. The molecule has 3 aromatic rings. The van der Waals surface area contributed by atoms with E-state index in [4.69, 9.17) is 0 Å². The SMILES string of the molecule is Fc1ccc2c(-c3cncc(NC4CCCNC4)n3)cnn2c1. The maximum absolute atomic E-state index is 13.3. The number of pyridine rings is 1. The fourth-order valence-electron chi connectivity index (χ4n) is 2.91. The molecule has 2 N–H and O–H groups in total. The summed E-state index contributed by atoms with van der Waals surface area (Å²) in [5.74, 6) is 0.427. The molecule has 1 fully saturated rings. The first-order chi connectivity index (χ1) is 11.3. The Labute approximate surface area is 132 Å². The molecule has 0 bridgehead atoms. The highest BCUT2D eigenvalue weighted by molar-refractivity contribution is 5.77. The molecule has 1 atom stereocenters. The zero-order chi connectivity index (χ0) is 15.6. The van der Waals surface area contributed by atoms with E-state index in [1.807, 2.05) is 0 Å². The first-order valence-corrected chi connectivity index (χ1v) is 7.72. The fraction of sp³-hybridized carbons (Fsp3) is 0.312. The third-order valence-electron chi connectivity index (χ3n) is 4.04. The molecule has 1 unspecified atom stereocenters. The molecule has 6 nitrogen and oxygen atoms in total. The number of halogens is 1. The van der Waals surface area contributed by atoms with Gasteiger partial charge in [0, 0.05) is 18.2 Å². The van der Waals surface area contributed by atoms with Crippen LogP contribution >= 0.6 is 0 Å². The van der Waals surface area contributed by atoms with E-state index in [2.05, 4.69) is 25.7 Å². The molecule has 0 radical (unpaired) electrons. The smallest absolute Gasteiger partial charge is 0.145 e. The molecule has 1 aliphatic heterocycles. The average Bonchev–Trinajstić information content (AvgIpc) is 2.99. The summed E-state index contributed by atoms with van der Waals surface area (Å²) in [6.07, 6.45) is 8.74. The molecule has 0 aromatic carbocycles. The summed E-state index contributed by atoms with van der Waals surface area (Å²) in [6.45, 7) is 2.00. The van der Waals surface area contributed by atoms with Crippen LogP contribution in [0.4, 0.5) is 10.2 Å². The van der Waals surface area contributed by atoms with Crippen LogP contribution in [0.3, 0.4) is 0 Å². The zero-order valence-electron chi connectivity index (χ0n) is 12.5. The molecule has 4 rings (SSSR count). The lowest BCUT2D eigenvalue weighted by Crippen LogP contribution is -2.38. The van der Waals surface area contributed by atoms with Gasteiger partial charge in [-0.15, -0.1) is 0 Å². The molecule has 0 spiro atoms. The van der Waals surface area contributed by atoms with Crippen LogP contribution in [0.1, 0.15) is 12.8 Å². The van der Waals surface area contributed by atoms with Crippen molar-refractivity contribution in [1.29, 1.82) is 0 Å². The average molecular weight is 312 g/mol. The van der Waals surface area contributed by atoms with Gasteiger partial charge in [0.1, 0.15) is 11.6 Å². The topological polar surface area (TPSA) is 67.1 Å². The molecular weight excluding hydrogens is 295 g/mol. The van der Waals surface area contributed by atoms with Gasteiger partial charge in [0.25, 0.3) is 0 Å². The van der Waals surface area contributed by atoms with Crippen molar-refractivity contribution < 1.29 is 4.39 Å². The highest BCUT2D eigenvalue weighted by Crippen LogP contribution is 2.23. The number of fused-ring (bicyclic) bond motifs is 1. The summed E-state index contributed by atoms with van der Waals surface area (Å²) >= 11 is 0. The number of rotatable bonds is 3. The standard InChI is InChI=1S/C16H17FN6/c17-11-3-4-15-13(7-20-23(15)10-11)14-8-19-9-16(22-14)21-12-2-1-5-18-6-12/h3-4,7-10,12,18H,1-2,5-6H2,(H,21,22). The lowest BCUT2D eigenvalue weighted by Gasteiger charge is -2.24. The van der Waals surface area contributed by atoms with Crippen molar-refractivity contribution in [2.45, 2.75) is 18.9 Å². The fourth-order valence-corrected chi connectivity index (χ4v) is 2.91. The molecule has 0 aliphatic carbocycles. The minimum Gasteiger partial charge on any atom is -0.365 e. The number of hydrogen-bond donors (Lipinski definition) is 2. The van der Waals surface area contributed by atoms with Gasteiger partial charge in [0.2, 0.25) is 0 Å². The number of nitrogens with one attached hydrogen (secondary N) is 2. The number of anilines is 1. The molecule has 1 saturated heterocycles. The normalized spacial score (nSPS) is 18.2. The quantitative estimate of drug-likeness (QED) is 0.775. The van der Waals surface area contributed by atoms with Crippen LogP contribution < -0.4 is 10.6 Å². The van der Waals surface area contributed by atoms with Crippen LogP contribution in [-0.2, 0) is 0 Å². The van der Waals surface area contributed by atoms with Gasteiger partial charge in [-0.3, -0.25) is 4.98 Å². The van der Waals surface area contributed by atoms with E-state index < -0.39 is 0 Å². The molecular formula is C16H17FN6. The van der Waals surface area contributed by atoms with Gasteiger partial charge in [-0.2, -0.15) is 5.10 Å². The van der Waals surface area contributed by atoms with Crippen LogP contribution in [0.25, 0.3) is 16.8 Å². The molecule has 0 saturated carbocycles. The van der Waals surface area contributed by atoms with Crippen molar-refractivity contribution in [3.05, 3.63) is 42.7 Å². The maximum atomic E-state index is 13.3. The van der Waals surface area contributed by atoms with Crippen LogP contribution in [0.2, 0.25) is 0 Å². The second kappa shape index (κ2) is 5.92. The number of hydrogen-bond acceptors (Lipinski definition) is 5. The van der Waals surface area contributed by atoms with Crippen molar-refractivity contribution in [3.8, 4) is 11.3 Å². The Morgan fingerprint density at radius 2 is 2.22 bits per heavy atom. The predicted octanol–water partition coefficient (Wildman–Crippen LogP) is 2.09. The van der Waals surface area contributed by atoms with E-state index in [1.54, 1.807) is 24.7 Å². The Morgan fingerprint density at radius 3 is 3.09 bits per heavy atom. The van der Waals surface area contributed by atoms with Gasteiger partial charge in [0.15, 0.2) is 0 Å². The molecule has 4 heterocycles. The molecule has 118 valence electrons. The van der Waals surface area contributed by atoms with Crippen molar-refractivity contribution in [2.24, 2.45) is 0 Å². The van der Waals surface area contributed by atoms with Crippen LogP contribution in [0.15, 0.2) is 36.9 Å². The van der Waals surface area contributed by atoms with Crippen molar-refractivity contribution in [2.75, 3.05) is 18.4 Å². The summed E-state index contributed by atoms with van der Waals surface area (Å²) in [5, 5.41) is 11.0. The Kier molecular flexibility index (Phi) is 3.63. The summed E-state index contributed by atoms with van der Waals surface area (Å²) < 4.78 is 14.8. The lowest BCUT2D eigenvalue weighted by molar-refractivity contribution is 0.479. The monoisotopic (exact) mass is 312 g/mol. The largest absolute Gasteiger partial charge is 0.365 e. The molecule has 7 heteroatoms. The highest BCUT2D eigenvalue weighted by atomic mass is 19.1. The van der Waals surface area contributed by atoms with E-state index in [0.717, 1.165) is 48.5 Å². The predicted molar refractivity (Wildman–Crippen MR) is 85.7 cm³/mol. The van der Waals surface area contributed by atoms with E-state index >= 15 is 0 Å². The summed E-state index contributed by atoms with van der Waals surface area (Å²) in [7, 11) is 0. The zero-order valence-corrected chi connectivity index (χ0v) is 12.5. The third-order valence-corrected chi connectivity index (χ3v) is 4.04. The molecule has 1 aliphatic rings. The van der Waals surface area contributed by atoms with E-state index in [9.17, 15) is 4.39 Å². The highest BCUT2D eigenvalue weighted by Gasteiger charge is 2.14. The Balaban J connectivity index is 1.64. The number of nitrogens with zero attached hydrogens (tertiary/aromatic N) is 4. The third kappa shape index (κ3) is 2.87. The second-order valence-electron chi connectivity index (χ2n) is 5.71. The number of piperidine rings is 1. The van der Waals surface area contributed by atoms with Gasteiger partial charge in [-0.05, 0) is 31.5 Å². The van der Waals surface area contributed by atoms with Gasteiger partial charge in [-0.1, -0.05) is 0 Å². The lowest BCUT2D eigenvalue weighted by atomic mass is 10.1. The Hall–Kier alpha value is -2.54. The van der Waals surface area contributed by atoms with Gasteiger partial charge >= 0.3 is 0 Å². The van der Waals surface area contributed by atoms with Crippen LogP contribution in [0.5, 0.6) is 0 Å². The van der Waals surface area contributed by atoms with E-state index in [1.165, 1.54) is 16.8 Å². The van der Waals surface area contributed by atoms with Gasteiger partial charge in [-0.25, -0.2) is 13.9 Å². The minimum atomic E-state index is -0.321. The summed E-state index contributed by atoms with van der Waals surface area (Å²) in [6, 6.07) is 3.49. The summed E-state index contributed by atoms with van der Waals surface area (Å²) in [4.78, 5) is 8.91. The maximum Gasteiger partial charge on any atom is 0.145 e. The molecule has 23 heavy (non-hydrogen) atoms. The first kappa shape index (κ1) is 14.1. The first-order valence-electron chi connectivity index (χ1n) is 7.72. The summed E-state index contributed by atoms with van der Waals surface area (Å²) in [5.41, 5.74) is 2.36. The van der Waals surface area contributed by atoms with E-state index in [0.29, 0.717) is 6.04 Å². The van der Waals surface area contributed by atoms with Crippen LogP contribution in [-0.4, -0.2) is 38.7 Å². The Morgan fingerprint density at radius 1 is 1.26 bits per heavy atom. The van der Waals surface area contributed by atoms with Gasteiger partial charge < -0.3 is 10.6 Å². The second-order valence-corrected chi connectivity index (χ2v) is 5.71. The van der Waals surface area contributed by atoms with Gasteiger partial charge in [0.05, 0.1) is 36.0 Å². The van der Waals surface area contributed by atoms with Crippen molar-refractivity contribution >= 4 is 11.3 Å². The molecule has 0 amide bonds. The number of aromatic nitrogens is 4. The van der Waals surface area contributed by atoms with Crippen molar-refractivity contribution in [1.82, 2.24) is 24.9 Å². The molecule has 3 aromatic heterocycles. The van der Waals surface area contributed by atoms with Crippen molar-refractivity contribution in [3.63, 3.8) is 0 Å². The van der Waals surface area contributed by atoms with Crippen LogP contribution in [0, 0.1) is 5.82 Å².